The number of aromatic nitrogens is 2. The standard InChI is InChI=1S/C16H12Cl2F3N3O2/c1-7-4-9(8-2-3-10(17)11(18)5-8)14(25)13-12(6-22-24(7)13)23-15(26)16(19,20)21/h2-3,5-7,9H,4H2,1H3,(H,23,26)/t7-,9?/m0/s1. The van der Waals surface area contributed by atoms with Gasteiger partial charge in [0, 0.05) is 0 Å². The average Bonchev–Trinajstić information content (AvgIpc) is 2.97. The van der Waals surface area contributed by atoms with Crippen LogP contribution in [0.15, 0.2) is 24.4 Å². The van der Waals surface area contributed by atoms with Crippen molar-refractivity contribution in [3.05, 3.63) is 45.7 Å². The minimum absolute atomic E-state index is 0.0718. The quantitative estimate of drug-likeness (QED) is 0.792. The molecular formula is C16H12Cl2F3N3O2. The van der Waals surface area contributed by atoms with Crippen LogP contribution in [0.25, 0.3) is 0 Å². The van der Waals surface area contributed by atoms with Crippen molar-refractivity contribution >= 4 is 40.6 Å². The Morgan fingerprint density at radius 2 is 2.00 bits per heavy atom. The molecule has 1 aliphatic heterocycles. The lowest BCUT2D eigenvalue weighted by Gasteiger charge is -2.28. The molecule has 0 saturated heterocycles. The van der Waals surface area contributed by atoms with Gasteiger partial charge in [0.25, 0.3) is 0 Å². The number of benzene rings is 1. The van der Waals surface area contributed by atoms with Crippen LogP contribution in [0, 0.1) is 0 Å². The molecule has 2 atom stereocenters. The highest BCUT2D eigenvalue weighted by Gasteiger charge is 2.41. The van der Waals surface area contributed by atoms with Crippen LogP contribution in [0.4, 0.5) is 18.9 Å². The Hall–Kier alpha value is -2.06. The second-order valence-electron chi connectivity index (χ2n) is 5.98. The number of nitrogens with zero attached hydrogens (tertiary/aromatic N) is 2. The fourth-order valence-corrected chi connectivity index (χ4v) is 3.26. The highest BCUT2D eigenvalue weighted by atomic mass is 35.5. The third kappa shape index (κ3) is 3.31. The number of ketones is 1. The molecule has 5 nitrogen and oxygen atoms in total. The first-order valence-corrected chi connectivity index (χ1v) is 8.30. The zero-order valence-corrected chi connectivity index (χ0v) is 14.8. The van der Waals surface area contributed by atoms with E-state index < -0.39 is 23.8 Å². The molecule has 0 fully saturated rings. The molecular weight excluding hydrogens is 394 g/mol. The Morgan fingerprint density at radius 1 is 1.31 bits per heavy atom. The summed E-state index contributed by atoms with van der Waals surface area (Å²) < 4.78 is 38.9. The second kappa shape index (κ2) is 6.59. The maximum atomic E-state index is 12.9. The van der Waals surface area contributed by atoms with Crippen molar-refractivity contribution in [2.24, 2.45) is 0 Å². The maximum Gasteiger partial charge on any atom is 0.471 e. The minimum atomic E-state index is -5.07. The van der Waals surface area contributed by atoms with Gasteiger partial charge < -0.3 is 5.32 Å². The highest BCUT2D eigenvalue weighted by Crippen LogP contribution is 2.39. The number of nitrogens with one attached hydrogen (secondary N) is 1. The Morgan fingerprint density at radius 3 is 2.62 bits per heavy atom. The summed E-state index contributed by atoms with van der Waals surface area (Å²) in [5.41, 5.74) is 0.253. The number of carbonyl (C=O) groups is 2. The van der Waals surface area contributed by atoms with Crippen molar-refractivity contribution in [3.63, 3.8) is 0 Å². The monoisotopic (exact) mass is 405 g/mol. The van der Waals surface area contributed by atoms with Gasteiger partial charge in [-0.3, -0.25) is 14.3 Å². The van der Waals surface area contributed by atoms with Crippen molar-refractivity contribution in [1.82, 2.24) is 9.78 Å². The topological polar surface area (TPSA) is 64.0 Å². The van der Waals surface area contributed by atoms with E-state index in [2.05, 4.69) is 5.10 Å². The number of rotatable bonds is 2. The van der Waals surface area contributed by atoms with Crippen LogP contribution >= 0.6 is 23.2 Å². The molecule has 0 radical (unpaired) electrons. The Labute approximate surface area is 156 Å². The van der Waals surface area contributed by atoms with Gasteiger partial charge in [0.05, 0.1) is 33.9 Å². The van der Waals surface area contributed by atoms with Gasteiger partial charge in [-0.1, -0.05) is 29.3 Å². The molecule has 10 heteroatoms. The molecule has 1 aromatic heterocycles. The molecule has 2 heterocycles. The minimum Gasteiger partial charge on any atom is -0.315 e. The lowest BCUT2D eigenvalue weighted by molar-refractivity contribution is -0.167. The summed E-state index contributed by atoms with van der Waals surface area (Å²) in [5, 5.41) is 6.27. The maximum absolute atomic E-state index is 12.9. The van der Waals surface area contributed by atoms with E-state index in [0.29, 0.717) is 17.0 Å². The van der Waals surface area contributed by atoms with Gasteiger partial charge in [0.2, 0.25) is 0 Å². The third-order valence-corrected chi connectivity index (χ3v) is 4.93. The van der Waals surface area contributed by atoms with E-state index in [0.717, 1.165) is 6.20 Å². The van der Waals surface area contributed by atoms with Crippen LogP contribution < -0.4 is 5.32 Å². The molecule has 1 N–H and O–H groups in total. The molecule has 1 unspecified atom stereocenters. The smallest absolute Gasteiger partial charge is 0.315 e. The van der Waals surface area contributed by atoms with Crippen molar-refractivity contribution in [2.45, 2.75) is 31.5 Å². The van der Waals surface area contributed by atoms with E-state index in [1.165, 1.54) is 4.68 Å². The van der Waals surface area contributed by atoms with E-state index >= 15 is 0 Å². The number of alkyl halides is 3. The predicted molar refractivity (Wildman–Crippen MR) is 89.8 cm³/mol. The molecule has 1 aromatic carbocycles. The fraction of sp³-hybridized carbons (Fsp3) is 0.312. The normalized spacial score (nSPS) is 20.0. The fourth-order valence-electron chi connectivity index (χ4n) is 2.96. The number of halogens is 5. The average molecular weight is 406 g/mol. The van der Waals surface area contributed by atoms with Crippen molar-refractivity contribution < 1.29 is 22.8 Å². The molecule has 0 bridgehead atoms. The van der Waals surface area contributed by atoms with Gasteiger partial charge in [-0.15, -0.1) is 0 Å². The zero-order chi connectivity index (χ0) is 19.2. The lowest BCUT2D eigenvalue weighted by atomic mass is 9.84. The van der Waals surface area contributed by atoms with Crippen LogP contribution in [-0.2, 0) is 4.79 Å². The summed E-state index contributed by atoms with van der Waals surface area (Å²) >= 11 is 11.9. The molecule has 2 aromatic rings. The molecule has 138 valence electrons. The predicted octanol–water partition coefficient (Wildman–Crippen LogP) is 4.62. The molecule has 3 rings (SSSR count). The first-order valence-electron chi connectivity index (χ1n) is 7.54. The molecule has 26 heavy (non-hydrogen) atoms. The first kappa shape index (κ1) is 18.7. The number of anilines is 1. The first-order chi connectivity index (χ1) is 12.1. The van der Waals surface area contributed by atoms with E-state index in [1.807, 2.05) is 0 Å². The van der Waals surface area contributed by atoms with Crippen molar-refractivity contribution in [2.75, 3.05) is 5.32 Å². The number of amides is 1. The number of fused-ring (bicyclic) bond motifs is 1. The van der Waals surface area contributed by atoms with Gasteiger partial charge in [0.1, 0.15) is 5.69 Å². The van der Waals surface area contributed by atoms with Crippen molar-refractivity contribution in [1.29, 1.82) is 0 Å². The van der Waals surface area contributed by atoms with Crippen LogP contribution in [0.5, 0.6) is 0 Å². The van der Waals surface area contributed by atoms with Gasteiger partial charge in [0.15, 0.2) is 5.78 Å². The second-order valence-corrected chi connectivity index (χ2v) is 6.79. The van der Waals surface area contributed by atoms with E-state index in [1.54, 1.807) is 30.4 Å². The van der Waals surface area contributed by atoms with Gasteiger partial charge >= 0.3 is 12.1 Å². The highest BCUT2D eigenvalue weighted by molar-refractivity contribution is 6.42. The summed E-state index contributed by atoms with van der Waals surface area (Å²) in [6.07, 6.45) is -3.63. The largest absolute Gasteiger partial charge is 0.471 e. The van der Waals surface area contributed by atoms with Crippen LogP contribution in [0.2, 0.25) is 10.0 Å². The molecule has 0 saturated carbocycles. The third-order valence-electron chi connectivity index (χ3n) is 4.19. The summed E-state index contributed by atoms with van der Waals surface area (Å²) in [6, 6.07) is 4.48. The van der Waals surface area contributed by atoms with Gasteiger partial charge in [-0.05, 0) is 31.0 Å². The number of hydrogen-bond acceptors (Lipinski definition) is 3. The Bertz CT molecular complexity index is 895. The molecule has 0 spiro atoms. The van der Waals surface area contributed by atoms with E-state index in [4.69, 9.17) is 23.2 Å². The Kier molecular flexibility index (Phi) is 4.74. The molecule has 0 aliphatic carbocycles. The van der Waals surface area contributed by atoms with Gasteiger partial charge in [-0.2, -0.15) is 18.3 Å². The Balaban J connectivity index is 1.99. The van der Waals surface area contributed by atoms with E-state index in [9.17, 15) is 22.8 Å². The summed E-state index contributed by atoms with van der Waals surface area (Å²) in [4.78, 5) is 24.1. The van der Waals surface area contributed by atoms with E-state index in [-0.39, 0.29) is 22.4 Å². The zero-order valence-electron chi connectivity index (χ0n) is 13.3. The summed E-state index contributed by atoms with van der Waals surface area (Å²) in [7, 11) is 0. The lowest BCUT2D eigenvalue weighted by Crippen LogP contribution is -2.32. The summed E-state index contributed by atoms with van der Waals surface area (Å²) in [6.45, 7) is 1.78. The van der Waals surface area contributed by atoms with Gasteiger partial charge in [-0.25, -0.2) is 0 Å². The molecule has 1 amide bonds. The number of hydrogen-bond donors (Lipinski definition) is 1. The SMILES string of the molecule is C[C@H]1CC(c2ccc(Cl)c(Cl)c2)C(=O)c2c(NC(=O)C(F)(F)F)cnn21. The van der Waals surface area contributed by atoms with Crippen LogP contribution in [0.1, 0.15) is 41.4 Å². The molecule has 1 aliphatic rings. The number of Topliss-reactive ketones (excluding diaryl/α,β-unsaturated/α-hetero) is 1. The summed E-state index contributed by atoms with van der Waals surface area (Å²) in [5.74, 6) is -3.24. The van der Waals surface area contributed by atoms with Crippen molar-refractivity contribution in [3.8, 4) is 0 Å². The number of carbonyl (C=O) groups excluding carboxylic acids is 2. The van der Waals surface area contributed by atoms with Crippen LogP contribution in [-0.4, -0.2) is 27.6 Å². The van der Waals surface area contributed by atoms with Crippen LogP contribution in [0.3, 0.4) is 0 Å².